The Hall–Kier alpha value is -0.780. The molecule has 1 aliphatic heterocycles. The molecule has 1 fully saturated rings. The molecule has 0 aromatic carbocycles. The summed E-state index contributed by atoms with van der Waals surface area (Å²) >= 11 is 0. The molecule has 0 bridgehead atoms. The van der Waals surface area contributed by atoms with Crippen LogP contribution in [0, 0.1) is 5.92 Å². The van der Waals surface area contributed by atoms with Crippen molar-refractivity contribution in [3.8, 4) is 0 Å². The highest BCUT2D eigenvalue weighted by Crippen LogP contribution is 2.28. The molecule has 0 aromatic rings. The van der Waals surface area contributed by atoms with E-state index in [0.29, 0.717) is 12.3 Å². The van der Waals surface area contributed by atoms with Crippen LogP contribution in [0.3, 0.4) is 0 Å². The Balaban J connectivity index is 2.77. The highest BCUT2D eigenvalue weighted by molar-refractivity contribution is 5.84. The fourth-order valence-electron chi connectivity index (χ4n) is 2.40. The number of rotatable bonds is 4. The highest BCUT2D eigenvalue weighted by Gasteiger charge is 2.42. The zero-order chi connectivity index (χ0) is 14.1. The van der Waals surface area contributed by atoms with Gasteiger partial charge in [0, 0.05) is 6.04 Å². The summed E-state index contributed by atoms with van der Waals surface area (Å²) < 4.78 is 37.2. The van der Waals surface area contributed by atoms with Crippen LogP contribution in [-0.4, -0.2) is 35.2 Å². The van der Waals surface area contributed by atoms with E-state index in [4.69, 9.17) is 0 Å². The van der Waals surface area contributed by atoms with Crippen molar-refractivity contribution in [2.45, 2.75) is 65.0 Å². The first-order valence-electron chi connectivity index (χ1n) is 6.26. The largest absolute Gasteiger partial charge is 0.391 e. The summed E-state index contributed by atoms with van der Waals surface area (Å²) in [4.78, 5) is 13.3. The Morgan fingerprint density at radius 3 is 2.33 bits per heavy atom. The second-order valence-electron chi connectivity index (χ2n) is 5.45. The monoisotopic (exact) mass is 266 g/mol. The fourth-order valence-corrected chi connectivity index (χ4v) is 2.40. The van der Waals surface area contributed by atoms with Crippen molar-refractivity contribution in [3.63, 3.8) is 0 Å². The van der Waals surface area contributed by atoms with E-state index in [1.807, 2.05) is 13.8 Å². The van der Waals surface area contributed by atoms with E-state index in [-0.39, 0.29) is 12.1 Å². The predicted molar refractivity (Wildman–Crippen MR) is 62.8 cm³/mol. The molecule has 3 nitrogen and oxygen atoms in total. The smallest absolute Gasteiger partial charge is 0.323 e. The third kappa shape index (κ3) is 3.86. The summed E-state index contributed by atoms with van der Waals surface area (Å²) in [6.07, 6.45) is -4.82. The van der Waals surface area contributed by atoms with E-state index >= 15 is 0 Å². The molecule has 0 saturated carbocycles. The molecular formula is C12H21F3N2O. The zero-order valence-corrected chi connectivity index (χ0v) is 11.2. The van der Waals surface area contributed by atoms with Gasteiger partial charge >= 0.3 is 6.18 Å². The summed E-state index contributed by atoms with van der Waals surface area (Å²) in [5.41, 5.74) is 0. The third-order valence-electron chi connectivity index (χ3n) is 3.10. The van der Waals surface area contributed by atoms with Crippen LogP contribution in [0.1, 0.15) is 40.5 Å². The zero-order valence-electron chi connectivity index (χ0n) is 11.2. The molecule has 0 aromatic heterocycles. The average molecular weight is 266 g/mol. The molecule has 1 amide bonds. The second kappa shape index (κ2) is 5.47. The van der Waals surface area contributed by atoms with Crippen LogP contribution in [0.15, 0.2) is 0 Å². The van der Waals surface area contributed by atoms with Gasteiger partial charge in [-0.25, -0.2) is 0 Å². The van der Waals surface area contributed by atoms with E-state index in [1.165, 1.54) is 11.8 Å². The molecule has 1 saturated heterocycles. The number of carbonyl (C=O) groups is 1. The Labute approximate surface area is 106 Å². The lowest BCUT2D eigenvalue weighted by Crippen LogP contribution is -2.45. The van der Waals surface area contributed by atoms with Gasteiger partial charge < -0.3 is 4.90 Å². The van der Waals surface area contributed by atoms with Gasteiger partial charge in [-0.05, 0) is 26.2 Å². The molecular weight excluding hydrogens is 245 g/mol. The first-order valence-corrected chi connectivity index (χ1v) is 6.26. The van der Waals surface area contributed by atoms with E-state index < -0.39 is 24.7 Å². The summed E-state index contributed by atoms with van der Waals surface area (Å²) in [5.74, 6) is 0.0820. The number of hydrogen-bond acceptors (Lipinski definition) is 2. The van der Waals surface area contributed by atoms with E-state index in [9.17, 15) is 18.0 Å². The standard InChI is InChI=1S/C12H21F3N2O/c1-7(2)5-10-16-9(4)11(18)17(10)8(3)6-12(13,14)15/h7-10,16H,5-6H2,1-4H3. The summed E-state index contributed by atoms with van der Waals surface area (Å²) in [7, 11) is 0. The number of nitrogens with one attached hydrogen (secondary N) is 1. The SMILES string of the molecule is CC(C)CC1NC(C)C(=O)N1C(C)CC(F)(F)F. The van der Waals surface area contributed by atoms with Crippen molar-refractivity contribution >= 4 is 5.91 Å². The van der Waals surface area contributed by atoms with Crippen LogP contribution in [0.25, 0.3) is 0 Å². The molecule has 3 atom stereocenters. The molecule has 0 radical (unpaired) electrons. The lowest BCUT2D eigenvalue weighted by atomic mass is 10.1. The summed E-state index contributed by atoms with van der Waals surface area (Å²) in [6.45, 7) is 7.12. The van der Waals surface area contributed by atoms with Gasteiger partial charge in [0.15, 0.2) is 0 Å². The van der Waals surface area contributed by atoms with Gasteiger partial charge in [0.2, 0.25) is 5.91 Å². The molecule has 0 aliphatic carbocycles. The summed E-state index contributed by atoms with van der Waals surface area (Å²) in [5, 5.41) is 3.06. The third-order valence-corrected chi connectivity index (χ3v) is 3.10. The van der Waals surface area contributed by atoms with Gasteiger partial charge in [0.1, 0.15) is 0 Å². The number of halogens is 3. The lowest BCUT2D eigenvalue weighted by Gasteiger charge is -2.31. The quantitative estimate of drug-likeness (QED) is 0.848. The minimum Gasteiger partial charge on any atom is -0.323 e. The maximum Gasteiger partial charge on any atom is 0.391 e. The fraction of sp³-hybridized carbons (Fsp3) is 0.917. The molecule has 1 N–H and O–H groups in total. The van der Waals surface area contributed by atoms with Crippen molar-refractivity contribution < 1.29 is 18.0 Å². The predicted octanol–water partition coefficient (Wildman–Crippen LogP) is 2.52. The van der Waals surface area contributed by atoms with E-state index in [2.05, 4.69) is 5.32 Å². The number of amides is 1. The van der Waals surface area contributed by atoms with Gasteiger partial charge in [-0.2, -0.15) is 13.2 Å². The minimum absolute atomic E-state index is 0.239. The highest BCUT2D eigenvalue weighted by atomic mass is 19.4. The summed E-state index contributed by atoms with van der Waals surface area (Å²) in [6, 6.07) is -1.22. The normalized spacial score (nSPS) is 27.1. The molecule has 1 rings (SSSR count). The topological polar surface area (TPSA) is 32.3 Å². The number of hydrogen-bond donors (Lipinski definition) is 1. The van der Waals surface area contributed by atoms with Gasteiger partial charge in [-0.15, -0.1) is 0 Å². The molecule has 18 heavy (non-hydrogen) atoms. The van der Waals surface area contributed by atoms with Crippen LogP contribution in [0.5, 0.6) is 0 Å². The Morgan fingerprint density at radius 2 is 1.89 bits per heavy atom. The van der Waals surface area contributed by atoms with Gasteiger partial charge in [0.05, 0.1) is 18.6 Å². The Kier molecular flexibility index (Phi) is 4.64. The van der Waals surface area contributed by atoms with Gasteiger partial charge in [0.25, 0.3) is 0 Å². The van der Waals surface area contributed by atoms with Gasteiger partial charge in [-0.1, -0.05) is 13.8 Å². The van der Waals surface area contributed by atoms with Crippen molar-refractivity contribution in [1.82, 2.24) is 10.2 Å². The van der Waals surface area contributed by atoms with Crippen molar-refractivity contribution in [1.29, 1.82) is 0 Å². The molecule has 1 heterocycles. The molecule has 106 valence electrons. The van der Waals surface area contributed by atoms with Crippen LogP contribution >= 0.6 is 0 Å². The van der Waals surface area contributed by atoms with Crippen molar-refractivity contribution in [3.05, 3.63) is 0 Å². The van der Waals surface area contributed by atoms with Crippen LogP contribution < -0.4 is 5.32 Å². The van der Waals surface area contributed by atoms with Crippen LogP contribution in [0.2, 0.25) is 0 Å². The maximum absolute atomic E-state index is 12.4. The number of alkyl halides is 3. The van der Waals surface area contributed by atoms with Crippen LogP contribution in [-0.2, 0) is 4.79 Å². The Bertz CT molecular complexity index is 304. The lowest BCUT2D eigenvalue weighted by molar-refractivity contribution is -0.153. The van der Waals surface area contributed by atoms with E-state index in [0.717, 1.165) is 0 Å². The van der Waals surface area contributed by atoms with Crippen LogP contribution in [0.4, 0.5) is 13.2 Å². The maximum atomic E-state index is 12.4. The first kappa shape index (κ1) is 15.3. The first-order chi connectivity index (χ1) is 8.11. The number of nitrogens with zero attached hydrogens (tertiary/aromatic N) is 1. The molecule has 1 aliphatic rings. The number of carbonyl (C=O) groups excluding carboxylic acids is 1. The Morgan fingerprint density at radius 1 is 1.33 bits per heavy atom. The average Bonchev–Trinajstić information content (AvgIpc) is 2.38. The second-order valence-corrected chi connectivity index (χ2v) is 5.45. The van der Waals surface area contributed by atoms with Gasteiger partial charge in [-0.3, -0.25) is 10.1 Å². The minimum atomic E-state index is -4.24. The van der Waals surface area contributed by atoms with E-state index in [1.54, 1.807) is 6.92 Å². The molecule has 6 heteroatoms. The van der Waals surface area contributed by atoms with Crippen molar-refractivity contribution in [2.75, 3.05) is 0 Å². The molecule has 0 spiro atoms. The van der Waals surface area contributed by atoms with Crippen molar-refractivity contribution in [2.24, 2.45) is 5.92 Å². The molecule has 3 unspecified atom stereocenters.